The van der Waals surface area contributed by atoms with Crippen LogP contribution in [0.15, 0.2) is 24.3 Å². The van der Waals surface area contributed by atoms with Crippen LogP contribution in [0.3, 0.4) is 0 Å². The second-order valence-electron chi connectivity index (χ2n) is 5.48. The Hall–Kier alpha value is -1.09. The lowest BCUT2D eigenvalue weighted by molar-refractivity contribution is 0.309. The average Bonchev–Trinajstić information content (AvgIpc) is 2.42. The molecule has 1 aromatic carbocycles. The highest BCUT2D eigenvalue weighted by Gasteiger charge is 2.21. The fraction of sp³-hybridized carbons (Fsp3) is 0.562. The normalized spacial score (nSPS) is 22.8. The largest absolute Gasteiger partial charge is 0.359 e. The number of benzene rings is 1. The molecule has 104 valence electrons. The number of rotatable bonds is 3. The fourth-order valence-corrected chi connectivity index (χ4v) is 3.07. The molecule has 0 aromatic heterocycles. The lowest BCUT2D eigenvalue weighted by Gasteiger charge is -2.30. The maximum atomic E-state index is 5.46. The third-order valence-electron chi connectivity index (χ3n) is 4.07. The number of thiocarbonyl (C=S) groups is 1. The number of aryl methyl sites for hydroxylation is 1. The Labute approximate surface area is 122 Å². The molecule has 0 aliphatic heterocycles. The van der Waals surface area contributed by atoms with Gasteiger partial charge in [-0.05, 0) is 49.0 Å². The SMILES string of the molecule is CCc1ccccc1NC(=S)NC1CCCCC1C. The van der Waals surface area contributed by atoms with Gasteiger partial charge >= 0.3 is 0 Å². The van der Waals surface area contributed by atoms with E-state index in [9.17, 15) is 0 Å². The molecule has 1 aromatic rings. The molecule has 0 spiro atoms. The summed E-state index contributed by atoms with van der Waals surface area (Å²) in [5.41, 5.74) is 2.44. The molecule has 1 aliphatic carbocycles. The maximum Gasteiger partial charge on any atom is 0.171 e. The minimum absolute atomic E-state index is 0.530. The van der Waals surface area contributed by atoms with E-state index in [1.165, 1.54) is 31.2 Å². The van der Waals surface area contributed by atoms with E-state index in [0.29, 0.717) is 6.04 Å². The number of anilines is 1. The lowest BCUT2D eigenvalue weighted by atomic mass is 9.86. The number of hydrogen-bond donors (Lipinski definition) is 2. The smallest absolute Gasteiger partial charge is 0.171 e. The quantitative estimate of drug-likeness (QED) is 0.812. The molecule has 0 bridgehead atoms. The molecule has 0 heterocycles. The molecular formula is C16H24N2S. The summed E-state index contributed by atoms with van der Waals surface area (Å²) in [5.74, 6) is 0.718. The fourth-order valence-electron chi connectivity index (χ4n) is 2.81. The second kappa shape index (κ2) is 6.90. The van der Waals surface area contributed by atoms with Crippen molar-refractivity contribution in [1.82, 2.24) is 5.32 Å². The van der Waals surface area contributed by atoms with Crippen LogP contribution in [0.5, 0.6) is 0 Å². The van der Waals surface area contributed by atoms with Gasteiger partial charge in [-0.1, -0.05) is 44.9 Å². The molecular weight excluding hydrogens is 252 g/mol. The average molecular weight is 276 g/mol. The minimum Gasteiger partial charge on any atom is -0.359 e. The van der Waals surface area contributed by atoms with Crippen molar-refractivity contribution in [2.75, 3.05) is 5.32 Å². The summed E-state index contributed by atoms with van der Waals surface area (Å²) in [6, 6.07) is 8.89. The molecule has 0 radical (unpaired) electrons. The number of para-hydroxylation sites is 1. The van der Waals surface area contributed by atoms with Gasteiger partial charge in [0.25, 0.3) is 0 Å². The molecule has 0 amide bonds. The molecule has 19 heavy (non-hydrogen) atoms. The molecule has 3 heteroatoms. The van der Waals surface area contributed by atoms with Crippen molar-refractivity contribution in [2.24, 2.45) is 5.92 Å². The van der Waals surface area contributed by atoms with E-state index < -0.39 is 0 Å². The molecule has 2 rings (SSSR count). The Morgan fingerprint density at radius 2 is 2.00 bits per heavy atom. The van der Waals surface area contributed by atoms with Crippen molar-refractivity contribution in [3.05, 3.63) is 29.8 Å². The molecule has 2 atom stereocenters. The zero-order valence-electron chi connectivity index (χ0n) is 11.9. The van der Waals surface area contributed by atoms with Crippen molar-refractivity contribution in [1.29, 1.82) is 0 Å². The van der Waals surface area contributed by atoms with E-state index in [2.05, 4.69) is 42.7 Å². The molecule has 0 saturated heterocycles. The third-order valence-corrected chi connectivity index (χ3v) is 4.29. The first-order valence-electron chi connectivity index (χ1n) is 7.36. The monoisotopic (exact) mass is 276 g/mol. The van der Waals surface area contributed by atoms with Gasteiger partial charge in [-0.3, -0.25) is 0 Å². The van der Waals surface area contributed by atoms with Crippen LogP contribution in [0.1, 0.15) is 45.1 Å². The van der Waals surface area contributed by atoms with Crippen LogP contribution in [0.4, 0.5) is 5.69 Å². The summed E-state index contributed by atoms with van der Waals surface area (Å²) in [6.07, 6.45) is 6.24. The van der Waals surface area contributed by atoms with Crippen LogP contribution >= 0.6 is 12.2 Å². The van der Waals surface area contributed by atoms with Gasteiger partial charge in [0.1, 0.15) is 0 Å². The molecule has 2 nitrogen and oxygen atoms in total. The van der Waals surface area contributed by atoms with Crippen LogP contribution in [0, 0.1) is 5.92 Å². The van der Waals surface area contributed by atoms with Crippen LogP contribution in [0.2, 0.25) is 0 Å². The first-order valence-corrected chi connectivity index (χ1v) is 7.77. The highest BCUT2D eigenvalue weighted by atomic mass is 32.1. The van der Waals surface area contributed by atoms with Gasteiger partial charge in [-0.25, -0.2) is 0 Å². The Morgan fingerprint density at radius 1 is 1.26 bits per heavy atom. The van der Waals surface area contributed by atoms with Gasteiger partial charge in [0.15, 0.2) is 5.11 Å². The standard InChI is InChI=1S/C16H24N2S/c1-3-13-9-5-7-11-15(13)18-16(19)17-14-10-6-4-8-12(14)2/h5,7,9,11-12,14H,3-4,6,8,10H2,1-2H3,(H2,17,18,19). The Kier molecular flexibility index (Phi) is 5.20. The number of nitrogens with one attached hydrogen (secondary N) is 2. The van der Waals surface area contributed by atoms with Gasteiger partial charge in [0, 0.05) is 11.7 Å². The van der Waals surface area contributed by atoms with Crippen LogP contribution in [-0.4, -0.2) is 11.2 Å². The Balaban J connectivity index is 1.93. The molecule has 1 fully saturated rings. The predicted molar refractivity (Wildman–Crippen MR) is 86.6 cm³/mol. The third kappa shape index (κ3) is 3.93. The van der Waals surface area contributed by atoms with Gasteiger partial charge in [-0.2, -0.15) is 0 Å². The van der Waals surface area contributed by atoms with Crippen LogP contribution < -0.4 is 10.6 Å². The maximum absolute atomic E-state index is 5.46. The van der Waals surface area contributed by atoms with E-state index >= 15 is 0 Å². The second-order valence-corrected chi connectivity index (χ2v) is 5.89. The van der Waals surface area contributed by atoms with Crippen molar-refractivity contribution >= 4 is 23.0 Å². The van der Waals surface area contributed by atoms with E-state index in [1.54, 1.807) is 0 Å². The first kappa shape index (κ1) is 14.3. The molecule has 2 N–H and O–H groups in total. The van der Waals surface area contributed by atoms with E-state index in [-0.39, 0.29) is 0 Å². The Morgan fingerprint density at radius 3 is 2.74 bits per heavy atom. The summed E-state index contributed by atoms with van der Waals surface area (Å²) in [7, 11) is 0. The van der Waals surface area contributed by atoms with Crippen LogP contribution in [0.25, 0.3) is 0 Å². The topological polar surface area (TPSA) is 24.1 Å². The van der Waals surface area contributed by atoms with E-state index in [1.807, 2.05) is 6.07 Å². The van der Waals surface area contributed by atoms with Crippen LogP contribution in [-0.2, 0) is 6.42 Å². The van der Waals surface area contributed by atoms with Gasteiger partial charge in [-0.15, -0.1) is 0 Å². The number of hydrogen-bond acceptors (Lipinski definition) is 1. The van der Waals surface area contributed by atoms with E-state index in [0.717, 1.165) is 23.1 Å². The zero-order chi connectivity index (χ0) is 13.7. The molecule has 1 saturated carbocycles. The first-order chi connectivity index (χ1) is 9.20. The predicted octanol–water partition coefficient (Wildman–Crippen LogP) is 4.11. The van der Waals surface area contributed by atoms with Crippen molar-refractivity contribution in [3.8, 4) is 0 Å². The summed E-state index contributed by atoms with van der Waals surface area (Å²) < 4.78 is 0. The summed E-state index contributed by atoms with van der Waals surface area (Å²) in [4.78, 5) is 0. The molecule has 2 unspecified atom stereocenters. The van der Waals surface area contributed by atoms with Gasteiger partial charge in [0.2, 0.25) is 0 Å². The summed E-state index contributed by atoms with van der Waals surface area (Å²) >= 11 is 5.46. The Bertz CT molecular complexity index is 431. The zero-order valence-corrected chi connectivity index (χ0v) is 12.7. The molecule has 1 aliphatic rings. The van der Waals surface area contributed by atoms with E-state index in [4.69, 9.17) is 12.2 Å². The minimum atomic E-state index is 0.530. The summed E-state index contributed by atoms with van der Waals surface area (Å²) in [5, 5.41) is 7.60. The van der Waals surface area contributed by atoms with Gasteiger partial charge < -0.3 is 10.6 Å². The highest BCUT2D eigenvalue weighted by molar-refractivity contribution is 7.80. The van der Waals surface area contributed by atoms with Crippen molar-refractivity contribution < 1.29 is 0 Å². The summed E-state index contributed by atoms with van der Waals surface area (Å²) in [6.45, 7) is 4.49. The van der Waals surface area contributed by atoms with Crippen molar-refractivity contribution in [2.45, 2.75) is 52.0 Å². The van der Waals surface area contributed by atoms with Crippen molar-refractivity contribution in [3.63, 3.8) is 0 Å². The van der Waals surface area contributed by atoms with Gasteiger partial charge in [0.05, 0.1) is 0 Å². The highest BCUT2D eigenvalue weighted by Crippen LogP contribution is 2.24. The lowest BCUT2D eigenvalue weighted by Crippen LogP contribution is -2.43.